The van der Waals surface area contributed by atoms with Crippen molar-refractivity contribution in [3.63, 3.8) is 0 Å². The zero-order valence-corrected chi connectivity index (χ0v) is 32.1. The van der Waals surface area contributed by atoms with Gasteiger partial charge in [0.2, 0.25) is 0 Å². The Hall–Kier alpha value is -4.67. The number of pyridine rings is 2. The van der Waals surface area contributed by atoms with E-state index in [2.05, 4.69) is 59.9 Å². The van der Waals surface area contributed by atoms with E-state index >= 15 is 0 Å². The van der Waals surface area contributed by atoms with Crippen molar-refractivity contribution in [2.24, 2.45) is 0 Å². The minimum absolute atomic E-state index is 0. The van der Waals surface area contributed by atoms with Crippen LogP contribution in [0.15, 0.2) is 132 Å². The standard InChI is InChI=1S/C28H18NO.C17H22NSi.Ir/c1-18-14-26(29-17-25(18)19-8-3-2-4-9-19)23-13-7-12-22-24-15-20-10-5-6-11-21(20)16-27(24)30-28(22)23;1-13(2)15-11-16(14-9-7-6-8-10-14)18-12-17(15)19(3,4)5;/h2-12,14-17H,1H3;6-9,11-13H,1-5H3;/q2*-1;/i1D3,17D;13D;. The number of hydrogen-bond donors (Lipinski definition) is 0. The molecule has 8 aromatic rings. The molecule has 0 saturated carbocycles. The van der Waals surface area contributed by atoms with Crippen molar-refractivity contribution in [1.29, 1.82) is 0 Å². The Balaban J connectivity index is 0.000000211. The van der Waals surface area contributed by atoms with Crippen LogP contribution in [-0.2, 0) is 20.1 Å². The molecule has 5 heteroatoms. The number of aromatic nitrogens is 2. The van der Waals surface area contributed by atoms with Gasteiger partial charge in [-0.25, -0.2) is 0 Å². The molecule has 8 rings (SSSR count). The van der Waals surface area contributed by atoms with Gasteiger partial charge >= 0.3 is 0 Å². The molecule has 0 amide bonds. The van der Waals surface area contributed by atoms with Gasteiger partial charge in [-0.15, -0.1) is 54.1 Å². The second-order valence-corrected chi connectivity index (χ2v) is 18.5. The van der Waals surface area contributed by atoms with E-state index in [0.29, 0.717) is 28.0 Å². The zero-order chi connectivity index (χ0) is 38.4. The van der Waals surface area contributed by atoms with Crippen LogP contribution in [0.2, 0.25) is 19.6 Å². The average Bonchev–Trinajstić information content (AvgIpc) is 3.50. The molecule has 0 spiro atoms. The van der Waals surface area contributed by atoms with Gasteiger partial charge in [0, 0.05) is 48.9 Å². The van der Waals surface area contributed by atoms with Crippen molar-refractivity contribution < 1.29 is 31.4 Å². The van der Waals surface area contributed by atoms with E-state index in [4.69, 9.17) is 11.3 Å². The smallest absolute Gasteiger partial charge is 0.121 e. The molecule has 1 radical (unpaired) electrons. The van der Waals surface area contributed by atoms with Crippen LogP contribution in [-0.4, -0.2) is 18.0 Å². The first-order chi connectivity index (χ1) is 25.6. The minimum Gasteiger partial charge on any atom is -0.501 e. The normalized spacial score (nSPS) is 13.3. The molecule has 0 saturated heterocycles. The van der Waals surface area contributed by atoms with Gasteiger partial charge in [0.25, 0.3) is 0 Å². The van der Waals surface area contributed by atoms with Crippen molar-refractivity contribution in [3.05, 3.63) is 151 Å². The van der Waals surface area contributed by atoms with Gasteiger partial charge in [-0.1, -0.05) is 117 Å². The van der Waals surface area contributed by atoms with Crippen molar-refractivity contribution in [3.8, 4) is 33.6 Å². The summed E-state index contributed by atoms with van der Waals surface area (Å²) in [5.41, 5.74) is 6.23. The maximum Gasteiger partial charge on any atom is 0.121 e. The second-order valence-electron chi connectivity index (χ2n) is 13.4. The number of fused-ring (bicyclic) bond motifs is 4. The van der Waals surface area contributed by atoms with E-state index in [1.165, 1.54) is 5.19 Å². The third-order valence-electron chi connectivity index (χ3n) is 8.69. The monoisotopic (exact) mass is 850 g/mol. The molecular formula is C45H40IrN2OSi-2. The van der Waals surface area contributed by atoms with Gasteiger partial charge in [-0.05, 0) is 63.4 Å². The van der Waals surface area contributed by atoms with Crippen molar-refractivity contribution in [2.45, 2.75) is 46.2 Å². The first-order valence-corrected chi connectivity index (χ1v) is 19.9. The quantitative estimate of drug-likeness (QED) is 0.128. The molecule has 0 aliphatic carbocycles. The van der Waals surface area contributed by atoms with E-state index in [-0.39, 0.29) is 31.8 Å². The van der Waals surface area contributed by atoms with Crippen LogP contribution in [0, 0.1) is 19.0 Å². The maximum atomic E-state index is 8.63. The van der Waals surface area contributed by atoms with Crippen LogP contribution in [0.25, 0.3) is 66.4 Å². The summed E-state index contributed by atoms with van der Waals surface area (Å²) in [6.07, 6.45) is 1.88. The van der Waals surface area contributed by atoms with Crippen LogP contribution in [0.4, 0.5) is 0 Å². The fourth-order valence-electron chi connectivity index (χ4n) is 6.15. The summed E-state index contributed by atoms with van der Waals surface area (Å²) in [4.78, 5) is 9.10. The third kappa shape index (κ3) is 7.13. The molecular weight excluding hydrogens is 805 g/mol. The van der Waals surface area contributed by atoms with E-state index in [9.17, 15) is 0 Å². The molecule has 0 atom stereocenters. The average molecular weight is 850 g/mol. The Bertz CT molecular complexity index is 2630. The summed E-state index contributed by atoms with van der Waals surface area (Å²) >= 11 is 0. The molecule has 50 heavy (non-hydrogen) atoms. The van der Waals surface area contributed by atoms with Crippen LogP contribution in [0.5, 0.6) is 0 Å². The van der Waals surface area contributed by atoms with Gasteiger partial charge in [-0.3, -0.25) is 0 Å². The van der Waals surface area contributed by atoms with Crippen LogP contribution >= 0.6 is 0 Å². The zero-order valence-electron chi connectivity index (χ0n) is 33.7. The number of benzene rings is 5. The molecule has 0 fully saturated rings. The molecule has 0 unspecified atom stereocenters. The molecule has 251 valence electrons. The summed E-state index contributed by atoms with van der Waals surface area (Å²) < 4.78 is 47.7. The summed E-state index contributed by atoms with van der Waals surface area (Å²) in [5.74, 6) is -0.609. The SMILES string of the molecule is [2H]C(C)(C)c1cc(-c2[c-]cccc2)ncc1[Si](C)(C)C.[2H]c1nc(-c2[c-]ccc3c2oc2cc4ccccc4cc23)cc(C([2H])([2H])[2H])c1-c1ccccc1.[Ir]. The van der Waals surface area contributed by atoms with E-state index in [0.717, 1.165) is 43.9 Å². The fraction of sp³-hybridized carbons (Fsp3) is 0.156. The Kier molecular flexibility index (Phi) is 8.53. The van der Waals surface area contributed by atoms with Crippen LogP contribution in [0.3, 0.4) is 0 Å². The van der Waals surface area contributed by atoms with Gasteiger partial charge in [-0.2, -0.15) is 0 Å². The fourth-order valence-corrected chi connectivity index (χ4v) is 7.74. The maximum absolute atomic E-state index is 8.63. The summed E-state index contributed by atoms with van der Waals surface area (Å²) in [6.45, 7) is 8.38. The summed E-state index contributed by atoms with van der Waals surface area (Å²) in [5, 5.41) is 5.31. The van der Waals surface area contributed by atoms with Gasteiger partial charge < -0.3 is 14.4 Å². The minimum atomic E-state index is -2.42. The number of nitrogens with zero attached hydrogens (tertiary/aromatic N) is 2. The van der Waals surface area contributed by atoms with Crippen molar-refractivity contribution >= 4 is 46.0 Å². The Morgan fingerprint density at radius 3 is 2.22 bits per heavy atom. The van der Waals surface area contributed by atoms with E-state index < -0.39 is 20.8 Å². The molecule has 0 aliphatic heterocycles. The molecule has 3 aromatic heterocycles. The topological polar surface area (TPSA) is 38.9 Å². The third-order valence-corrected chi connectivity index (χ3v) is 10.7. The van der Waals surface area contributed by atoms with E-state index in [1.54, 1.807) is 24.3 Å². The first kappa shape index (κ1) is 29.1. The molecule has 0 bridgehead atoms. The predicted octanol–water partition coefficient (Wildman–Crippen LogP) is 11.8. The number of aryl methyl sites for hydroxylation is 1. The first-order valence-electron chi connectivity index (χ1n) is 18.9. The van der Waals surface area contributed by atoms with Crippen molar-refractivity contribution in [2.75, 3.05) is 0 Å². The molecule has 5 aromatic carbocycles. The largest absolute Gasteiger partial charge is 0.501 e. The molecule has 0 N–H and O–H groups in total. The molecule has 3 heterocycles. The Morgan fingerprint density at radius 2 is 1.52 bits per heavy atom. The van der Waals surface area contributed by atoms with Crippen LogP contribution < -0.4 is 5.19 Å². The number of hydrogen-bond acceptors (Lipinski definition) is 3. The second kappa shape index (κ2) is 14.7. The van der Waals surface area contributed by atoms with Gasteiger partial charge in [0.05, 0.1) is 15.0 Å². The van der Waals surface area contributed by atoms with Gasteiger partial charge in [0.1, 0.15) is 5.58 Å². The number of furan rings is 1. The predicted molar refractivity (Wildman–Crippen MR) is 209 cm³/mol. The molecule has 3 nitrogen and oxygen atoms in total. The summed E-state index contributed by atoms with van der Waals surface area (Å²) in [7, 11) is -1.50. The van der Waals surface area contributed by atoms with Gasteiger partial charge in [0.15, 0.2) is 0 Å². The Labute approximate surface area is 316 Å². The van der Waals surface area contributed by atoms with Crippen LogP contribution in [0.1, 0.15) is 37.7 Å². The Morgan fingerprint density at radius 1 is 0.780 bits per heavy atom. The summed E-state index contributed by atoms with van der Waals surface area (Å²) in [6, 6.07) is 42.8. The molecule has 0 aliphatic rings. The van der Waals surface area contributed by atoms with Crippen molar-refractivity contribution in [1.82, 2.24) is 9.97 Å². The van der Waals surface area contributed by atoms with E-state index in [1.807, 2.05) is 92.8 Å². The number of rotatable bonds is 5.